The van der Waals surface area contributed by atoms with Gasteiger partial charge in [-0.1, -0.05) is 42.2 Å². The molecule has 0 spiro atoms. The first kappa shape index (κ1) is 18.9. The summed E-state index contributed by atoms with van der Waals surface area (Å²) in [5.74, 6) is -1.54. The number of amides is 2. The number of hydrogen-bond acceptors (Lipinski definition) is 6. The Morgan fingerprint density at radius 1 is 1.44 bits per heavy atom. The van der Waals surface area contributed by atoms with Crippen LogP contribution in [-0.4, -0.2) is 51.8 Å². The maximum atomic E-state index is 12.5. The molecule has 1 unspecified atom stereocenters. The highest BCUT2D eigenvalue weighted by Crippen LogP contribution is 2.33. The SMILES string of the molecule is COc1ccccc1/C=C1\SC(=S)N(CC(=O)NC(C)C(=O)O)C1=O. The lowest BCUT2D eigenvalue weighted by atomic mass is 10.2. The second-order valence-corrected chi connectivity index (χ2v) is 6.81. The summed E-state index contributed by atoms with van der Waals surface area (Å²) in [6.45, 7) is 1.01. The third-order valence-corrected chi connectivity index (χ3v) is 4.73. The van der Waals surface area contributed by atoms with Crippen LogP contribution >= 0.6 is 24.0 Å². The van der Waals surface area contributed by atoms with E-state index >= 15 is 0 Å². The van der Waals surface area contributed by atoms with Crippen LogP contribution in [0.2, 0.25) is 0 Å². The van der Waals surface area contributed by atoms with Crippen molar-refractivity contribution >= 4 is 52.2 Å². The Hall–Kier alpha value is -2.39. The number of ether oxygens (including phenoxy) is 1. The summed E-state index contributed by atoms with van der Waals surface area (Å²) in [6.07, 6.45) is 1.65. The number of carbonyl (C=O) groups excluding carboxylic acids is 2. The first-order valence-corrected chi connectivity index (χ1v) is 8.46. The summed E-state index contributed by atoms with van der Waals surface area (Å²) in [5.41, 5.74) is 0.717. The second-order valence-electron chi connectivity index (χ2n) is 5.14. The zero-order valence-corrected chi connectivity index (χ0v) is 15.1. The van der Waals surface area contributed by atoms with E-state index in [4.69, 9.17) is 22.1 Å². The van der Waals surface area contributed by atoms with E-state index in [2.05, 4.69) is 5.32 Å². The summed E-state index contributed by atoms with van der Waals surface area (Å²) in [6, 6.07) is 6.15. The molecule has 2 amide bonds. The van der Waals surface area contributed by atoms with Gasteiger partial charge in [0.25, 0.3) is 5.91 Å². The molecule has 1 atom stereocenters. The highest BCUT2D eigenvalue weighted by Gasteiger charge is 2.34. The Bertz CT molecular complexity index is 763. The molecule has 0 radical (unpaired) electrons. The van der Waals surface area contributed by atoms with Gasteiger partial charge in [-0.2, -0.15) is 0 Å². The fourth-order valence-electron chi connectivity index (χ4n) is 2.06. The number of carbonyl (C=O) groups is 3. The average Bonchev–Trinajstić information content (AvgIpc) is 2.82. The third kappa shape index (κ3) is 4.58. The van der Waals surface area contributed by atoms with Crippen LogP contribution in [0.25, 0.3) is 6.08 Å². The predicted octanol–water partition coefficient (Wildman–Crippen LogP) is 1.49. The summed E-state index contributed by atoms with van der Waals surface area (Å²) < 4.78 is 5.48. The van der Waals surface area contributed by atoms with Crippen LogP contribution in [0.5, 0.6) is 5.75 Å². The predicted molar refractivity (Wildman–Crippen MR) is 98.1 cm³/mol. The molecule has 0 aliphatic carbocycles. The summed E-state index contributed by atoms with van der Waals surface area (Å²) in [4.78, 5) is 36.7. The molecule has 1 aromatic rings. The standard InChI is InChI=1S/C16H16N2O5S2/c1-9(15(21)22)17-13(19)8-18-14(20)12(25-16(18)24)7-10-5-3-4-6-11(10)23-2/h3-7,9H,8H2,1-2H3,(H,17,19)(H,21,22)/b12-7-. The van der Waals surface area contributed by atoms with Crippen LogP contribution in [0.15, 0.2) is 29.2 Å². The number of rotatable bonds is 6. The Kier molecular flexibility index (Phi) is 6.16. The topological polar surface area (TPSA) is 95.9 Å². The van der Waals surface area contributed by atoms with Gasteiger partial charge in [0.2, 0.25) is 5.91 Å². The monoisotopic (exact) mass is 380 g/mol. The molecule has 9 heteroatoms. The molecule has 7 nitrogen and oxygen atoms in total. The summed E-state index contributed by atoms with van der Waals surface area (Å²) in [5, 5.41) is 11.1. The van der Waals surface area contributed by atoms with Crippen molar-refractivity contribution in [1.82, 2.24) is 10.2 Å². The van der Waals surface area contributed by atoms with E-state index in [1.807, 2.05) is 12.1 Å². The molecule has 2 rings (SSSR count). The van der Waals surface area contributed by atoms with Gasteiger partial charge in [-0.25, -0.2) is 0 Å². The van der Waals surface area contributed by atoms with Gasteiger partial charge in [-0.3, -0.25) is 19.3 Å². The van der Waals surface area contributed by atoms with Gasteiger partial charge in [0, 0.05) is 5.56 Å². The highest BCUT2D eigenvalue weighted by atomic mass is 32.2. The maximum absolute atomic E-state index is 12.5. The Balaban J connectivity index is 2.13. The number of thiocarbonyl (C=S) groups is 1. The molecular formula is C16H16N2O5S2. The zero-order chi connectivity index (χ0) is 18.6. The molecule has 1 fully saturated rings. The molecule has 1 aliphatic heterocycles. The lowest BCUT2D eigenvalue weighted by Crippen LogP contribution is -2.45. The van der Waals surface area contributed by atoms with Crippen molar-refractivity contribution in [2.45, 2.75) is 13.0 Å². The van der Waals surface area contributed by atoms with E-state index < -0.39 is 23.8 Å². The van der Waals surface area contributed by atoms with E-state index in [1.54, 1.807) is 18.2 Å². The third-order valence-electron chi connectivity index (χ3n) is 3.35. The number of hydrogen-bond donors (Lipinski definition) is 2. The number of carboxylic acids is 1. The van der Waals surface area contributed by atoms with Crippen molar-refractivity contribution in [3.63, 3.8) is 0 Å². The highest BCUT2D eigenvalue weighted by molar-refractivity contribution is 8.26. The fraction of sp³-hybridized carbons (Fsp3) is 0.250. The number of carboxylic acid groups (broad SMARTS) is 1. The number of benzene rings is 1. The average molecular weight is 380 g/mol. The van der Waals surface area contributed by atoms with Crippen molar-refractivity contribution in [2.75, 3.05) is 13.7 Å². The number of methoxy groups -OCH3 is 1. The van der Waals surface area contributed by atoms with Crippen molar-refractivity contribution in [2.24, 2.45) is 0 Å². The van der Waals surface area contributed by atoms with Crippen LogP contribution in [0.3, 0.4) is 0 Å². The Morgan fingerprint density at radius 3 is 2.76 bits per heavy atom. The van der Waals surface area contributed by atoms with Gasteiger partial charge in [0.1, 0.15) is 22.7 Å². The van der Waals surface area contributed by atoms with Crippen molar-refractivity contribution in [1.29, 1.82) is 0 Å². The Labute approximate surface area is 154 Å². The van der Waals surface area contributed by atoms with Gasteiger partial charge in [-0.15, -0.1) is 0 Å². The quantitative estimate of drug-likeness (QED) is 0.570. The van der Waals surface area contributed by atoms with Crippen LogP contribution in [-0.2, 0) is 14.4 Å². The van der Waals surface area contributed by atoms with Gasteiger partial charge < -0.3 is 15.2 Å². The van der Waals surface area contributed by atoms with Crippen molar-refractivity contribution in [3.05, 3.63) is 34.7 Å². The Morgan fingerprint density at radius 2 is 2.12 bits per heavy atom. The lowest BCUT2D eigenvalue weighted by Gasteiger charge is -2.15. The summed E-state index contributed by atoms with van der Waals surface area (Å²) >= 11 is 6.24. The number of nitrogens with zero attached hydrogens (tertiary/aromatic N) is 1. The minimum atomic E-state index is -1.16. The van der Waals surface area contributed by atoms with E-state index in [9.17, 15) is 14.4 Å². The molecule has 0 aromatic heterocycles. The van der Waals surface area contributed by atoms with E-state index in [-0.39, 0.29) is 10.9 Å². The van der Waals surface area contributed by atoms with Crippen LogP contribution in [0, 0.1) is 0 Å². The molecule has 25 heavy (non-hydrogen) atoms. The molecular weight excluding hydrogens is 364 g/mol. The maximum Gasteiger partial charge on any atom is 0.325 e. The van der Waals surface area contributed by atoms with Crippen molar-refractivity contribution < 1.29 is 24.2 Å². The number of thioether (sulfide) groups is 1. The minimum Gasteiger partial charge on any atom is -0.496 e. The normalized spacial score (nSPS) is 16.9. The fourth-order valence-corrected chi connectivity index (χ4v) is 3.30. The number of aliphatic carboxylic acids is 1. The zero-order valence-electron chi connectivity index (χ0n) is 13.5. The largest absolute Gasteiger partial charge is 0.496 e. The van der Waals surface area contributed by atoms with Crippen LogP contribution in [0.1, 0.15) is 12.5 Å². The van der Waals surface area contributed by atoms with Crippen LogP contribution < -0.4 is 10.1 Å². The van der Waals surface area contributed by atoms with Crippen molar-refractivity contribution in [3.8, 4) is 5.75 Å². The van der Waals surface area contributed by atoms with Gasteiger partial charge >= 0.3 is 5.97 Å². The summed E-state index contributed by atoms with van der Waals surface area (Å²) in [7, 11) is 1.53. The van der Waals surface area contributed by atoms with Crippen LogP contribution in [0.4, 0.5) is 0 Å². The molecule has 1 saturated heterocycles. The molecule has 1 heterocycles. The van der Waals surface area contributed by atoms with E-state index in [1.165, 1.54) is 14.0 Å². The molecule has 2 N–H and O–H groups in total. The van der Waals surface area contributed by atoms with E-state index in [0.717, 1.165) is 22.2 Å². The molecule has 1 aliphatic rings. The molecule has 0 bridgehead atoms. The smallest absolute Gasteiger partial charge is 0.325 e. The molecule has 0 saturated carbocycles. The molecule has 132 valence electrons. The van der Waals surface area contributed by atoms with Gasteiger partial charge in [-0.05, 0) is 19.1 Å². The minimum absolute atomic E-state index is 0.240. The first-order chi connectivity index (χ1) is 11.8. The lowest BCUT2D eigenvalue weighted by molar-refractivity contribution is -0.141. The molecule has 1 aromatic carbocycles. The van der Waals surface area contributed by atoms with Gasteiger partial charge in [0.15, 0.2) is 0 Å². The number of nitrogens with one attached hydrogen (secondary N) is 1. The number of para-hydroxylation sites is 1. The second kappa shape index (κ2) is 8.13. The van der Waals surface area contributed by atoms with Gasteiger partial charge in [0.05, 0.1) is 12.0 Å². The van der Waals surface area contributed by atoms with E-state index in [0.29, 0.717) is 10.7 Å². The first-order valence-electron chi connectivity index (χ1n) is 7.24.